The fraction of sp³-hybridized carbons (Fsp3) is 0.571. The van der Waals surface area contributed by atoms with Gasteiger partial charge in [-0.15, -0.1) is 0 Å². The number of hydrogen-bond donors (Lipinski definition) is 0. The fourth-order valence-corrected chi connectivity index (χ4v) is 3.74. The van der Waals surface area contributed by atoms with E-state index in [9.17, 15) is 4.79 Å². The highest BCUT2D eigenvalue weighted by Crippen LogP contribution is 2.25. The van der Waals surface area contributed by atoms with E-state index < -0.39 is 0 Å². The van der Waals surface area contributed by atoms with E-state index in [0.29, 0.717) is 30.6 Å². The molecule has 1 unspecified atom stereocenters. The fourth-order valence-electron chi connectivity index (χ4n) is 3.74. The highest BCUT2D eigenvalue weighted by molar-refractivity contribution is 5.79. The van der Waals surface area contributed by atoms with Gasteiger partial charge in [0.2, 0.25) is 11.8 Å². The lowest BCUT2D eigenvalue weighted by Gasteiger charge is -2.30. The van der Waals surface area contributed by atoms with Gasteiger partial charge in [-0.05, 0) is 31.7 Å². The van der Waals surface area contributed by atoms with Gasteiger partial charge in [0, 0.05) is 26.2 Å². The Bertz CT molecular complexity index is 771. The maximum absolute atomic E-state index is 13.0. The second kappa shape index (κ2) is 8.65. The van der Waals surface area contributed by atoms with Crippen LogP contribution in [0.3, 0.4) is 0 Å². The van der Waals surface area contributed by atoms with Crippen molar-refractivity contribution in [3.63, 3.8) is 0 Å². The molecule has 146 valence electrons. The van der Waals surface area contributed by atoms with E-state index in [0.717, 1.165) is 31.6 Å². The number of benzene rings is 1. The highest BCUT2D eigenvalue weighted by atomic mass is 16.5. The lowest BCUT2D eigenvalue weighted by atomic mass is 10.1. The summed E-state index contributed by atoms with van der Waals surface area (Å²) in [5.41, 5.74) is 2.24. The van der Waals surface area contributed by atoms with Crippen molar-refractivity contribution in [2.75, 3.05) is 26.2 Å². The summed E-state index contributed by atoms with van der Waals surface area (Å²) < 4.78 is 5.49. The van der Waals surface area contributed by atoms with Gasteiger partial charge in [-0.25, -0.2) is 0 Å². The van der Waals surface area contributed by atoms with Gasteiger partial charge >= 0.3 is 0 Å². The lowest BCUT2D eigenvalue weighted by Crippen LogP contribution is -2.39. The molecular formula is C21H30N4O2. The average Bonchev–Trinajstić information content (AvgIpc) is 2.91. The van der Waals surface area contributed by atoms with Crippen LogP contribution < -0.4 is 0 Å². The van der Waals surface area contributed by atoms with Gasteiger partial charge in [0.1, 0.15) is 6.04 Å². The lowest BCUT2D eigenvalue weighted by molar-refractivity contribution is -0.130. The van der Waals surface area contributed by atoms with Gasteiger partial charge in [0.15, 0.2) is 5.82 Å². The van der Waals surface area contributed by atoms with Crippen LogP contribution in [0.1, 0.15) is 49.2 Å². The summed E-state index contributed by atoms with van der Waals surface area (Å²) in [5.74, 6) is 1.94. The number of nitrogens with zero attached hydrogens (tertiary/aromatic N) is 4. The minimum Gasteiger partial charge on any atom is -0.340 e. The summed E-state index contributed by atoms with van der Waals surface area (Å²) in [7, 11) is 0. The van der Waals surface area contributed by atoms with Crippen LogP contribution in [0.25, 0.3) is 0 Å². The Kier molecular flexibility index (Phi) is 6.26. The molecule has 1 aliphatic heterocycles. The predicted octanol–water partition coefficient (Wildman–Crippen LogP) is 3.16. The normalized spacial score (nSPS) is 18.7. The summed E-state index contributed by atoms with van der Waals surface area (Å²) in [6.45, 7) is 11.5. The summed E-state index contributed by atoms with van der Waals surface area (Å²) in [6, 6.07) is 8.12. The van der Waals surface area contributed by atoms with E-state index in [1.165, 1.54) is 5.56 Å². The van der Waals surface area contributed by atoms with Crippen molar-refractivity contribution in [3.05, 3.63) is 47.1 Å². The van der Waals surface area contributed by atoms with Crippen molar-refractivity contribution in [3.8, 4) is 0 Å². The molecule has 0 aliphatic carbocycles. The van der Waals surface area contributed by atoms with Crippen molar-refractivity contribution < 1.29 is 9.32 Å². The molecule has 0 saturated carbocycles. The number of aromatic nitrogens is 2. The first-order valence-electron chi connectivity index (χ1n) is 9.80. The molecule has 1 saturated heterocycles. The zero-order valence-corrected chi connectivity index (χ0v) is 16.8. The van der Waals surface area contributed by atoms with Crippen molar-refractivity contribution in [2.45, 2.75) is 46.6 Å². The van der Waals surface area contributed by atoms with Crippen LogP contribution >= 0.6 is 0 Å². The third-order valence-corrected chi connectivity index (χ3v) is 4.93. The second-order valence-corrected chi connectivity index (χ2v) is 7.94. The van der Waals surface area contributed by atoms with Gasteiger partial charge in [0.25, 0.3) is 0 Å². The van der Waals surface area contributed by atoms with Crippen molar-refractivity contribution in [2.24, 2.45) is 5.92 Å². The van der Waals surface area contributed by atoms with Gasteiger partial charge in [0.05, 0.1) is 6.42 Å². The third kappa shape index (κ3) is 5.16. The number of amides is 1. The molecular weight excluding hydrogens is 340 g/mol. The first kappa shape index (κ1) is 19.5. The van der Waals surface area contributed by atoms with Crippen LogP contribution in [0.2, 0.25) is 0 Å². The largest absolute Gasteiger partial charge is 0.340 e. The Balaban J connectivity index is 1.77. The molecule has 6 nitrogen and oxygen atoms in total. The van der Waals surface area contributed by atoms with Gasteiger partial charge in [-0.3, -0.25) is 9.69 Å². The Hall–Kier alpha value is -2.21. The molecule has 0 spiro atoms. The molecule has 0 bridgehead atoms. The number of carbonyl (C=O) groups is 1. The third-order valence-electron chi connectivity index (χ3n) is 4.93. The molecule has 6 heteroatoms. The van der Waals surface area contributed by atoms with Crippen LogP contribution in [0.4, 0.5) is 0 Å². The molecule has 27 heavy (non-hydrogen) atoms. The van der Waals surface area contributed by atoms with Crippen LogP contribution in [0, 0.1) is 19.8 Å². The average molecular weight is 370 g/mol. The first-order chi connectivity index (χ1) is 12.9. The number of hydrogen-bond acceptors (Lipinski definition) is 5. The molecule has 1 fully saturated rings. The highest BCUT2D eigenvalue weighted by Gasteiger charge is 2.32. The summed E-state index contributed by atoms with van der Waals surface area (Å²) in [4.78, 5) is 21.8. The summed E-state index contributed by atoms with van der Waals surface area (Å²) >= 11 is 0. The molecule has 3 rings (SSSR count). The first-order valence-corrected chi connectivity index (χ1v) is 9.80. The number of aryl methyl sites for hydroxylation is 2. The Morgan fingerprint density at radius 1 is 1.30 bits per heavy atom. The molecule has 2 heterocycles. The van der Waals surface area contributed by atoms with Crippen LogP contribution in [-0.2, 0) is 11.2 Å². The Morgan fingerprint density at radius 3 is 2.78 bits per heavy atom. The van der Waals surface area contributed by atoms with Crippen molar-refractivity contribution in [1.29, 1.82) is 0 Å². The van der Waals surface area contributed by atoms with Gasteiger partial charge in [-0.1, -0.05) is 48.8 Å². The van der Waals surface area contributed by atoms with Gasteiger partial charge in [-0.2, -0.15) is 4.98 Å². The van der Waals surface area contributed by atoms with E-state index in [2.05, 4.69) is 47.9 Å². The maximum atomic E-state index is 13.0. The van der Waals surface area contributed by atoms with E-state index in [1.54, 1.807) is 0 Å². The molecule has 1 aromatic heterocycles. The van der Waals surface area contributed by atoms with E-state index in [4.69, 9.17) is 4.52 Å². The number of carbonyl (C=O) groups excluding carboxylic acids is 1. The summed E-state index contributed by atoms with van der Waals surface area (Å²) in [6.07, 6.45) is 1.39. The number of rotatable bonds is 5. The molecule has 1 aromatic carbocycles. The zero-order chi connectivity index (χ0) is 19.4. The molecule has 1 amide bonds. The molecule has 2 aromatic rings. The quantitative estimate of drug-likeness (QED) is 0.809. The standard InChI is InChI=1S/C21H30N4O2/c1-15(2)13-24-9-6-10-25(14-19(24)21-22-17(4)23-27-21)20(26)12-18-8-5-7-16(3)11-18/h5,7-8,11,15,19H,6,9-10,12-14H2,1-4H3. The Labute approximate surface area is 161 Å². The minimum absolute atomic E-state index is 0.0439. The van der Waals surface area contributed by atoms with Crippen LogP contribution in [0.15, 0.2) is 28.8 Å². The summed E-state index contributed by atoms with van der Waals surface area (Å²) in [5, 5.41) is 3.97. The van der Waals surface area contributed by atoms with E-state index in [1.807, 2.05) is 24.0 Å². The smallest absolute Gasteiger partial charge is 0.245 e. The second-order valence-electron chi connectivity index (χ2n) is 7.94. The van der Waals surface area contributed by atoms with Crippen LogP contribution in [0.5, 0.6) is 0 Å². The predicted molar refractivity (Wildman–Crippen MR) is 104 cm³/mol. The maximum Gasteiger partial charge on any atom is 0.245 e. The van der Waals surface area contributed by atoms with Crippen molar-refractivity contribution in [1.82, 2.24) is 19.9 Å². The van der Waals surface area contributed by atoms with Crippen molar-refractivity contribution >= 4 is 5.91 Å². The molecule has 1 atom stereocenters. The zero-order valence-electron chi connectivity index (χ0n) is 16.8. The van der Waals surface area contributed by atoms with E-state index >= 15 is 0 Å². The molecule has 0 radical (unpaired) electrons. The SMILES string of the molecule is Cc1cccc(CC(=O)N2CCCN(CC(C)C)C(c3nc(C)no3)C2)c1. The minimum atomic E-state index is -0.0439. The van der Waals surface area contributed by atoms with E-state index in [-0.39, 0.29) is 11.9 Å². The van der Waals surface area contributed by atoms with Gasteiger partial charge < -0.3 is 9.42 Å². The molecule has 0 N–H and O–H groups in total. The Morgan fingerprint density at radius 2 is 2.11 bits per heavy atom. The van der Waals surface area contributed by atoms with Crippen LogP contribution in [-0.4, -0.2) is 52.0 Å². The monoisotopic (exact) mass is 370 g/mol. The topological polar surface area (TPSA) is 62.5 Å². The molecule has 1 aliphatic rings.